The Hall–Kier alpha value is -1.56. The van der Waals surface area contributed by atoms with Crippen LogP contribution in [0.4, 0.5) is 0 Å². The van der Waals surface area contributed by atoms with Crippen molar-refractivity contribution < 1.29 is 0 Å². The Morgan fingerprint density at radius 3 is 1.59 bits per heavy atom. The normalized spacial score (nSPS) is 9.35. The monoisotopic (exact) mass is 226 g/mol. The van der Waals surface area contributed by atoms with Crippen LogP contribution in [0.1, 0.15) is 30.0 Å². The minimum absolute atomic E-state index is 1.21. The fourth-order valence-corrected chi connectivity index (χ4v) is 1.57. The van der Waals surface area contributed by atoms with Crippen LogP contribution >= 0.6 is 0 Å². The lowest BCUT2D eigenvalue weighted by Gasteiger charge is -1.93. The molecule has 0 unspecified atom stereocenters. The van der Waals surface area contributed by atoms with Crippen molar-refractivity contribution in [3.05, 3.63) is 71.3 Å². The second-order valence-electron chi connectivity index (χ2n) is 4.39. The van der Waals surface area contributed by atoms with Gasteiger partial charge < -0.3 is 0 Å². The van der Waals surface area contributed by atoms with Gasteiger partial charge in [-0.25, -0.2) is 0 Å². The van der Waals surface area contributed by atoms with Crippen molar-refractivity contribution in [1.29, 1.82) is 0 Å². The highest BCUT2D eigenvalue weighted by atomic mass is 13.9. The van der Waals surface area contributed by atoms with Gasteiger partial charge in [-0.1, -0.05) is 79.1 Å². The Kier molecular flexibility index (Phi) is 6.09. The van der Waals surface area contributed by atoms with Crippen molar-refractivity contribution in [2.45, 2.75) is 33.6 Å². The largest absolute Gasteiger partial charge is 0.0651 e. The highest BCUT2D eigenvalue weighted by Crippen LogP contribution is 2.00. The van der Waals surface area contributed by atoms with Gasteiger partial charge in [0.05, 0.1) is 0 Å². The molecule has 0 radical (unpaired) electrons. The summed E-state index contributed by atoms with van der Waals surface area (Å²) < 4.78 is 0. The summed E-state index contributed by atoms with van der Waals surface area (Å²) in [5.41, 5.74) is 4.10. The van der Waals surface area contributed by atoms with E-state index in [9.17, 15) is 0 Å². The van der Waals surface area contributed by atoms with Crippen molar-refractivity contribution in [2.75, 3.05) is 0 Å². The molecular formula is C17H22. The molecular weight excluding hydrogens is 204 g/mol. The Balaban J connectivity index is 0.000000171. The Bertz CT molecular complexity index is 377. The molecule has 0 atom stereocenters. The molecule has 0 saturated heterocycles. The molecule has 0 aromatic heterocycles. The van der Waals surface area contributed by atoms with Crippen LogP contribution in [0.2, 0.25) is 0 Å². The van der Waals surface area contributed by atoms with E-state index in [1.807, 2.05) is 0 Å². The minimum Gasteiger partial charge on any atom is -0.0651 e. The van der Waals surface area contributed by atoms with E-state index in [1.54, 1.807) is 0 Å². The maximum Gasteiger partial charge on any atom is -0.0281 e. The molecule has 0 bridgehead atoms. The maximum atomic E-state index is 2.20. The highest BCUT2D eigenvalue weighted by molar-refractivity contribution is 5.19. The van der Waals surface area contributed by atoms with Gasteiger partial charge in [0.15, 0.2) is 0 Å². The van der Waals surface area contributed by atoms with E-state index in [2.05, 4.69) is 75.4 Å². The van der Waals surface area contributed by atoms with Crippen LogP contribution in [0.15, 0.2) is 54.6 Å². The predicted molar refractivity (Wildman–Crippen MR) is 76.4 cm³/mol. The van der Waals surface area contributed by atoms with E-state index >= 15 is 0 Å². The third-order valence-electron chi connectivity index (χ3n) is 2.60. The van der Waals surface area contributed by atoms with Crippen LogP contribution in [0, 0.1) is 13.8 Å². The van der Waals surface area contributed by atoms with Crippen LogP contribution in [0.3, 0.4) is 0 Å². The average molecular weight is 226 g/mol. The fourth-order valence-electron chi connectivity index (χ4n) is 1.57. The van der Waals surface area contributed by atoms with Crippen LogP contribution in [-0.4, -0.2) is 0 Å². The van der Waals surface area contributed by atoms with E-state index in [4.69, 9.17) is 0 Å². The van der Waals surface area contributed by atoms with Crippen LogP contribution in [0.5, 0.6) is 0 Å². The lowest BCUT2D eigenvalue weighted by molar-refractivity contribution is 0.922. The lowest BCUT2D eigenvalue weighted by atomic mass is 10.1. The zero-order valence-electron chi connectivity index (χ0n) is 11.1. The van der Waals surface area contributed by atoms with E-state index in [1.165, 1.54) is 29.5 Å². The van der Waals surface area contributed by atoms with Gasteiger partial charge in [0.25, 0.3) is 0 Å². The zero-order valence-corrected chi connectivity index (χ0v) is 11.1. The Morgan fingerprint density at radius 2 is 1.18 bits per heavy atom. The molecule has 0 heterocycles. The van der Waals surface area contributed by atoms with E-state index in [0.717, 1.165) is 0 Å². The van der Waals surface area contributed by atoms with Crippen LogP contribution in [-0.2, 0) is 6.42 Å². The maximum absolute atomic E-state index is 2.20. The molecule has 17 heavy (non-hydrogen) atoms. The van der Waals surface area contributed by atoms with Gasteiger partial charge in [-0.05, 0) is 25.8 Å². The Labute approximate surface area is 105 Å². The van der Waals surface area contributed by atoms with Crippen molar-refractivity contribution >= 4 is 0 Å². The molecule has 0 amide bonds. The fraction of sp³-hybridized carbons (Fsp3) is 0.294. The molecule has 90 valence electrons. The quantitative estimate of drug-likeness (QED) is 0.680. The van der Waals surface area contributed by atoms with Crippen molar-refractivity contribution in [1.82, 2.24) is 0 Å². The van der Waals surface area contributed by atoms with Crippen molar-refractivity contribution in [3.8, 4) is 0 Å². The highest BCUT2D eigenvalue weighted by Gasteiger charge is 1.84. The number of aryl methyl sites for hydroxylation is 3. The molecule has 0 fully saturated rings. The van der Waals surface area contributed by atoms with Gasteiger partial charge in [-0.15, -0.1) is 0 Å². The third kappa shape index (κ3) is 5.91. The molecule has 0 spiro atoms. The predicted octanol–water partition coefficient (Wildman–Crippen LogP) is 4.94. The first-order chi connectivity index (χ1) is 8.22. The molecule has 0 nitrogen and oxygen atoms in total. The second-order valence-corrected chi connectivity index (χ2v) is 4.39. The summed E-state index contributed by atoms with van der Waals surface area (Å²) in [4.78, 5) is 0. The van der Waals surface area contributed by atoms with Gasteiger partial charge in [0.1, 0.15) is 0 Å². The van der Waals surface area contributed by atoms with Gasteiger partial charge in [-0.3, -0.25) is 0 Å². The summed E-state index contributed by atoms with van der Waals surface area (Å²) in [5.74, 6) is 0. The number of hydrogen-bond acceptors (Lipinski definition) is 0. The molecule has 2 aromatic carbocycles. The molecule has 0 aliphatic carbocycles. The molecule has 0 heteroatoms. The number of hydrogen-bond donors (Lipinski definition) is 0. The standard InChI is InChI=1S/C9H12.C8H10/c1-2-6-9-7-4-3-5-8-9;1-7-3-5-8(2)6-4-7/h3-5,7-8H,2,6H2,1H3;3-6H,1-2H3. The first-order valence-corrected chi connectivity index (χ1v) is 6.29. The summed E-state index contributed by atoms with van der Waals surface area (Å²) >= 11 is 0. The molecule has 0 N–H and O–H groups in total. The summed E-state index contributed by atoms with van der Waals surface area (Å²) in [7, 11) is 0. The van der Waals surface area contributed by atoms with Crippen LogP contribution in [0.25, 0.3) is 0 Å². The molecule has 0 aliphatic heterocycles. The molecule has 2 aromatic rings. The molecule has 0 aliphatic rings. The zero-order chi connectivity index (χ0) is 12.5. The van der Waals surface area contributed by atoms with Crippen molar-refractivity contribution in [2.24, 2.45) is 0 Å². The van der Waals surface area contributed by atoms with Gasteiger partial charge in [-0.2, -0.15) is 0 Å². The summed E-state index contributed by atoms with van der Waals surface area (Å²) in [5, 5.41) is 0. The third-order valence-corrected chi connectivity index (χ3v) is 2.60. The molecule has 2 rings (SSSR count). The smallest absolute Gasteiger partial charge is 0.0281 e. The Morgan fingerprint density at radius 1 is 0.706 bits per heavy atom. The van der Waals surface area contributed by atoms with E-state index < -0.39 is 0 Å². The lowest BCUT2D eigenvalue weighted by Crippen LogP contribution is -1.78. The topological polar surface area (TPSA) is 0 Å². The van der Waals surface area contributed by atoms with Gasteiger partial charge in [0.2, 0.25) is 0 Å². The summed E-state index contributed by atoms with van der Waals surface area (Å²) in [6.45, 7) is 6.39. The van der Waals surface area contributed by atoms with Gasteiger partial charge >= 0.3 is 0 Å². The van der Waals surface area contributed by atoms with E-state index in [-0.39, 0.29) is 0 Å². The first-order valence-electron chi connectivity index (χ1n) is 6.29. The van der Waals surface area contributed by atoms with Gasteiger partial charge in [0, 0.05) is 0 Å². The van der Waals surface area contributed by atoms with Crippen LogP contribution < -0.4 is 0 Å². The SMILES string of the molecule is CCCc1ccccc1.Cc1ccc(C)cc1. The van der Waals surface area contributed by atoms with E-state index in [0.29, 0.717) is 0 Å². The summed E-state index contributed by atoms with van der Waals surface area (Å²) in [6, 6.07) is 19.1. The first kappa shape index (κ1) is 13.5. The second kappa shape index (κ2) is 7.67. The van der Waals surface area contributed by atoms with Crippen molar-refractivity contribution in [3.63, 3.8) is 0 Å². The number of benzene rings is 2. The number of rotatable bonds is 2. The minimum atomic E-state index is 1.21. The summed E-state index contributed by atoms with van der Waals surface area (Å²) in [6.07, 6.45) is 2.45. The average Bonchev–Trinajstić information content (AvgIpc) is 2.36. The molecule has 0 saturated carbocycles.